The molecule has 2 atom stereocenters. The second-order valence-electron chi connectivity index (χ2n) is 6.71. The quantitative estimate of drug-likeness (QED) is 0.879. The van der Waals surface area contributed by atoms with Gasteiger partial charge in [-0.05, 0) is 25.8 Å². The lowest BCUT2D eigenvalue weighted by Gasteiger charge is -2.38. The molecule has 6 heteroatoms. The van der Waals surface area contributed by atoms with Crippen molar-refractivity contribution in [2.45, 2.75) is 38.3 Å². The first-order valence-electron chi connectivity index (χ1n) is 7.67. The van der Waals surface area contributed by atoms with E-state index in [0.717, 1.165) is 5.56 Å². The molecule has 0 radical (unpaired) electrons. The van der Waals surface area contributed by atoms with Crippen LogP contribution in [-0.2, 0) is 9.59 Å². The maximum Gasteiger partial charge on any atom is 0.225 e. The van der Waals surface area contributed by atoms with E-state index in [1.807, 2.05) is 44.2 Å². The molecule has 2 rings (SSSR count). The molecule has 2 unspecified atom stereocenters. The highest BCUT2D eigenvalue weighted by Gasteiger charge is 2.38. The summed E-state index contributed by atoms with van der Waals surface area (Å²) in [4.78, 5) is 26.3. The van der Waals surface area contributed by atoms with E-state index < -0.39 is 5.54 Å². The Bertz CT molecular complexity index is 543. The molecule has 1 aromatic carbocycles. The third-order valence-corrected chi connectivity index (χ3v) is 4.06. The van der Waals surface area contributed by atoms with Crippen molar-refractivity contribution in [1.82, 2.24) is 10.2 Å². The van der Waals surface area contributed by atoms with Crippen LogP contribution >= 0.6 is 12.4 Å². The Labute approximate surface area is 144 Å². The average Bonchev–Trinajstić information content (AvgIpc) is 2.47. The fraction of sp³-hybridized carbons (Fsp3) is 0.529. The zero-order valence-electron chi connectivity index (χ0n) is 13.9. The topological polar surface area (TPSA) is 75.4 Å². The predicted molar refractivity (Wildman–Crippen MR) is 93.2 cm³/mol. The lowest BCUT2D eigenvalue weighted by molar-refractivity contribution is -0.141. The number of likely N-dealkylation sites (tertiary alicyclic amines) is 1. The van der Waals surface area contributed by atoms with Gasteiger partial charge in [0.15, 0.2) is 0 Å². The molecule has 1 fully saturated rings. The van der Waals surface area contributed by atoms with Crippen LogP contribution in [0, 0.1) is 5.92 Å². The number of halogens is 1. The second-order valence-corrected chi connectivity index (χ2v) is 6.71. The lowest BCUT2D eigenvalue weighted by Crippen LogP contribution is -2.50. The first kappa shape index (κ1) is 19.5. The minimum atomic E-state index is -0.450. The van der Waals surface area contributed by atoms with Gasteiger partial charge in [0.2, 0.25) is 11.8 Å². The van der Waals surface area contributed by atoms with Gasteiger partial charge < -0.3 is 16.0 Å². The molecule has 0 saturated carbocycles. The Kier molecular flexibility index (Phi) is 6.59. The van der Waals surface area contributed by atoms with Gasteiger partial charge in [0.05, 0.1) is 12.0 Å². The van der Waals surface area contributed by atoms with Crippen LogP contribution in [0.3, 0.4) is 0 Å². The van der Waals surface area contributed by atoms with Gasteiger partial charge in [-0.25, -0.2) is 0 Å². The number of nitrogens with two attached hydrogens (primary N) is 1. The summed E-state index contributed by atoms with van der Waals surface area (Å²) in [6.45, 7) is 4.17. The van der Waals surface area contributed by atoms with Gasteiger partial charge in [0, 0.05) is 25.6 Å². The summed E-state index contributed by atoms with van der Waals surface area (Å²) >= 11 is 0. The second kappa shape index (κ2) is 7.79. The molecule has 2 amide bonds. The van der Waals surface area contributed by atoms with E-state index in [-0.39, 0.29) is 36.2 Å². The number of hydrogen-bond donors (Lipinski definition) is 2. The van der Waals surface area contributed by atoms with Gasteiger partial charge in [-0.2, -0.15) is 0 Å². The van der Waals surface area contributed by atoms with Gasteiger partial charge in [-0.15, -0.1) is 12.4 Å². The van der Waals surface area contributed by atoms with Crippen molar-refractivity contribution < 1.29 is 9.59 Å². The van der Waals surface area contributed by atoms with E-state index in [1.54, 1.807) is 11.9 Å². The number of amides is 2. The molecule has 128 valence electrons. The number of piperidine rings is 1. The van der Waals surface area contributed by atoms with Crippen LogP contribution in [0.4, 0.5) is 0 Å². The summed E-state index contributed by atoms with van der Waals surface area (Å²) in [5.74, 6) is -0.198. The van der Waals surface area contributed by atoms with Gasteiger partial charge in [-0.3, -0.25) is 9.59 Å². The van der Waals surface area contributed by atoms with Crippen LogP contribution in [0.5, 0.6) is 0 Å². The first-order valence-corrected chi connectivity index (χ1v) is 7.67. The van der Waals surface area contributed by atoms with Crippen LogP contribution in [0.15, 0.2) is 30.3 Å². The molecule has 0 aromatic heterocycles. The highest BCUT2D eigenvalue weighted by molar-refractivity contribution is 5.85. The van der Waals surface area contributed by atoms with E-state index in [4.69, 9.17) is 5.73 Å². The summed E-state index contributed by atoms with van der Waals surface area (Å²) in [5, 5.41) is 2.93. The average molecular weight is 340 g/mol. The van der Waals surface area contributed by atoms with Crippen LogP contribution in [0.1, 0.15) is 38.3 Å². The SMILES string of the molecule is CN1C(=O)CCC(C(=O)NCC(C)(C)N)C1c1ccccc1.Cl. The van der Waals surface area contributed by atoms with Crippen molar-refractivity contribution in [2.24, 2.45) is 11.7 Å². The smallest absolute Gasteiger partial charge is 0.225 e. The number of rotatable bonds is 4. The molecule has 0 spiro atoms. The number of nitrogens with one attached hydrogen (secondary N) is 1. The summed E-state index contributed by atoms with van der Waals surface area (Å²) in [5.41, 5.74) is 6.47. The molecule has 3 N–H and O–H groups in total. The minimum Gasteiger partial charge on any atom is -0.354 e. The summed E-state index contributed by atoms with van der Waals surface area (Å²) < 4.78 is 0. The molecule has 5 nitrogen and oxygen atoms in total. The zero-order valence-corrected chi connectivity index (χ0v) is 14.7. The van der Waals surface area contributed by atoms with Gasteiger partial charge in [0.1, 0.15) is 0 Å². The third-order valence-electron chi connectivity index (χ3n) is 4.06. The molecule has 0 aliphatic carbocycles. The van der Waals surface area contributed by atoms with Crippen molar-refractivity contribution in [1.29, 1.82) is 0 Å². The monoisotopic (exact) mass is 339 g/mol. The lowest BCUT2D eigenvalue weighted by atomic mass is 9.84. The molecular weight excluding hydrogens is 314 g/mol. The molecular formula is C17H26ClN3O2. The number of carbonyl (C=O) groups excluding carboxylic acids is 2. The first-order chi connectivity index (χ1) is 10.3. The Morgan fingerprint density at radius 1 is 1.35 bits per heavy atom. The van der Waals surface area contributed by atoms with Crippen LogP contribution < -0.4 is 11.1 Å². The fourth-order valence-electron chi connectivity index (χ4n) is 2.86. The van der Waals surface area contributed by atoms with E-state index >= 15 is 0 Å². The summed E-state index contributed by atoms with van der Waals surface area (Å²) in [7, 11) is 1.77. The van der Waals surface area contributed by atoms with Crippen molar-refractivity contribution >= 4 is 24.2 Å². The summed E-state index contributed by atoms with van der Waals surface area (Å²) in [6, 6.07) is 9.50. The Balaban J connectivity index is 0.00000264. The maximum atomic E-state index is 12.6. The minimum absolute atomic E-state index is 0. The van der Waals surface area contributed by atoms with Crippen LogP contribution in [-0.4, -0.2) is 35.8 Å². The Morgan fingerprint density at radius 3 is 2.52 bits per heavy atom. The number of nitrogens with zero attached hydrogens (tertiary/aromatic N) is 1. The fourth-order valence-corrected chi connectivity index (χ4v) is 2.86. The normalized spacial score (nSPS) is 21.6. The Hall–Kier alpha value is -1.59. The van der Waals surface area contributed by atoms with E-state index in [2.05, 4.69) is 5.32 Å². The van der Waals surface area contributed by atoms with Crippen molar-refractivity contribution in [2.75, 3.05) is 13.6 Å². The maximum absolute atomic E-state index is 12.6. The molecule has 0 bridgehead atoms. The molecule has 1 heterocycles. The highest BCUT2D eigenvalue weighted by atomic mass is 35.5. The molecule has 1 saturated heterocycles. The third kappa shape index (κ3) is 4.94. The standard InChI is InChI=1S/C17H25N3O2.ClH/c1-17(2,18)11-19-16(22)13-9-10-14(21)20(3)15(13)12-7-5-4-6-8-12;/h4-8,13,15H,9-11,18H2,1-3H3,(H,19,22);1H. The van der Waals surface area contributed by atoms with Crippen LogP contribution in [0.25, 0.3) is 0 Å². The van der Waals surface area contributed by atoms with Crippen molar-refractivity contribution in [3.05, 3.63) is 35.9 Å². The van der Waals surface area contributed by atoms with Crippen LogP contribution in [0.2, 0.25) is 0 Å². The summed E-state index contributed by atoms with van der Waals surface area (Å²) in [6.07, 6.45) is 0.976. The number of benzene rings is 1. The van der Waals surface area contributed by atoms with Gasteiger partial charge >= 0.3 is 0 Å². The van der Waals surface area contributed by atoms with E-state index in [1.165, 1.54) is 0 Å². The zero-order chi connectivity index (χ0) is 16.3. The van der Waals surface area contributed by atoms with Gasteiger partial charge in [0.25, 0.3) is 0 Å². The largest absolute Gasteiger partial charge is 0.354 e. The van der Waals surface area contributed by atoms with E-state index in [9.17, 15) is 9.59 Å². The number of carbonyl (C=O) groups is 2. The molecule has 1 aliphatic heterocycles. The Morgan fingerprint density at radius 2 is 1.96 bits per heavy atom. The number of hydrogen-bond acceptors (Lipinski definition) is 3. The molecule has 1 aliphatic rings. The van der Waals surface area contributed by atoms with Gasteiger partial charge in [-0.1, -0.05) is 30.3 Å². The molecule has 1 aromatic rings. The predicted octanol–water partition coefficient (Wildman–Crippen LogP) is 1.87. The van der Waals surface area contributed by atoms with Crippen molar-refractivity contribution in [3.8, 4) is 0 Å². The van der Waals surface area contributed by atoms with Crippen molar-refractivity contribution in [3.63, 3.8) is 0 Å². The van der Waals surface area contributed by atoms with E-state index in [0.29, 0.717) is 19.4 Å². The highest BCUT2D eigenvalue weighted by Crippen LogP contribution is 2.35. The molecule has 23 heavy (non-hydrogen) atoms.